The molecular weight excluding hydrogens is 132 g/mol. The molecule has 0 heterocycles. The highest BCUT2D eigenvalue weighted by Gasteiger charge is 2.29. The van der Waals surface area contributed by atoms with E-state index in [1.165, 1.54) is 20.8 Å². The number of ketones is 1. The molecule has 10 heavy (non-hydrogen) atoms. The van der Waals surface area contributed by atoms with Gasteiger partial charge in [-0.3, -0.25) is 4.79 Å². The third-order valence-corrected chi connectivity index (χ3v) is 1.53. The van der Waals surface area contributed by atoms with Gasteiger partial charge in [0.2, 0.25) is 0 Å². The van der Waals surface area contributed by atoms with Crippen LogP contribution < -0.4 is 0 Å². The van der Waals surface area contributed by atoms with Gasteiger partial charge in [-0.2, -0.15) is 0 Å². The van der Waals surface area contributed by atoms with Crippen molar-refractivity contribution < 1.29 is 15.0 Å². The fraction of sp³-hybridized carbons (Fsp3) is 0.857. The highest BCUT2D eigenvalue weighted by Crippen LogP contribution is 2.16. The minimum absolute atomic E-state index is 0.185. The van der Waals surface area contributed by atoms with Crippen molar-refractivity contribution in [1.82, 2.24) is 0 Å². The predicted molar refractivity (Wildman–Crippen MR) is 37.6 cm³/mol. The lowest BCUT2D eigenvalue weighted by molar-refractivity contribution is -0.130. The van der Waals surface area contributed by atoms with Gasteiger partial charge in [0.25, 0.3) is 0 Å². The van der Waals surface area contributed by atoms with Crippen molar-refractivity contribution in [3.63, 3.8) is 0 Å². The number of rotatable bonds is 3. The number of aliphatic hydroxyl groups excluding tert-OH is 1. The number of carbonyl (C=O) groups excluding carboxylic acids is 1. The molecule has 0 aliphatic rings. The van der Waals surface area contributed by atoms with Crippen molar-refractivity contribution in [3.05, 3.63) is 0 Å². The van der Waals surface area contributed by atoms with E-state index in [1.54, 1.807) is 0 Å². The second-order valence-corrected chi connectivity index (χ2v) is 3.00. The molecule has 1 unspecified atom stereocenters. The predicted octanol–water partition coefficient (Wildman–Crippen LogP) is -0.0452. The molecule has 0 aromatic rings. The third-order valence-electron chi connectivity index (χ3n) is 1.53. The first kappa shape index (κ1) is 9.59. The SMILES string of the molecule is CC(=O)C(CO)C(C)(C)O. The Bertz CT molecular complexity index is 123. The van der Waals surface area contributed by atoms with Gasteiger partial charge < -0.3 is 10.2 Å². The van der Waals surface area contributed by atoms with E-state index in [-0.39, 0.29) is 12.4 Å². The zero-order valence-electron chi connectivity index (χ0n) is 6.59. The highest BCUT2D eigenvalue weighted by atomic mass is 16.3. The summed E-state index contributed by atoms with van der Waals surface area (Å²) in [5.41, 5.74) is -1.11. The average molecular weight is 146 g/mol. The van der Waals surface area contributed by atoms with E-state index in [4.69, 9.17) is 5.11 Å². The lowest BCUT2D eigenvalue weighted by Gasteiger charge is -2.24. The normalized spacial score (nSPS) is 14.9. The number of carbonyl (C=O) groups is 1. The lowest BCUT2D eigenvalue weighted by atomic mass is 9.89. The monoisotopic (exact) mass is 146 g/mol. The summed E-state index contributed by atoms with van der Waals surface area (Å²) in [7, 11) is 0. The molecule has 0 rings (SSSR count). The van der Waals surface area contributed by atoms with Crippen LogP contribution in [0.2, 0.25) is 0 Å². The van der Waals surface area contributed by atoms with Crippen molar-refractivity contribution in [2.75, 3.05) is 6.61 Å². The molecule has 0 aromatic heterocycles. The van der Waals surface area contributed by atoms with Crippen LogP contribution in [0.25, 0.3) is 0 Å². The number of Topliss-reactive ketones (excluding diaryl/α,β-unsaturated/α-hetero) is 1. The topological polar surface area (TPSA) is 57.5 Å². The molecule has 0 radical (unpaired) electrons. The van der Waals surface area contributed by atoms with Gasteiger partial charge in [0.15, 0.2) is 0 Å². The van der Waals surface area contributed by atoms with Crippen LogP contribution in [0, 0.1) is 5.92 Å². The second-order valence-electron chi connectivity index (χ2n) is 3.00. The maximum Gasteiger partial charge on any atom is 0.138 e. The van der Waals surface area contributed by atoms with Crippen LogP contribution in [-0.2, 0) is 4.79 Å². The third kappa shape index (κ3) is 2.45. The molecule has 3 nitrogen and oxygen atoms in total. The van der Waals surface area contributed by atoms with Crippen LogP contribution in [0.3, 0.4) is 0 Å². The summed E-state index contributed by atoms with van der Waals surface area (Å²) in [5, 5.41) is 17.9. The molecule has 3 heteroatoms. The summed E-state index contributed by atoms with van der Waals surface area (Å²) < 4.78 is 0. The Hall–Kier alpha value is -0.410. The van der Waals surface area contributed by atoms with E-state index in [0.717, 1.165) is 0 Å². The second kappa shape index (κ2) is 3.12. The van der Waals surface area contributed by atoms with Gasteiger partial charge in [0.1, 0.15) is 5.78 Å². The molecular formula is C7H14O3. The maximum atomic E-state index is 10.7. The Morgan fingerprint density at radius 3 is 2.00 bits per heavy atom. The van der Waals surface area contributed by atoms with Crippen molar-refractivity contribution in [2.24, 2.45) is 5.92 Å². The van der Waals surface area contributed by atoms with Crippen LogP contribution >= 0.6 is 0 Å². The van der Waals surface area contributed by atoms with Gasteiger partial charge in [-0.1, -0.05) is 0 Å². The van der Waals surface area contributed by atoms with Gasteiger partial charge in [0, 0.05) is 0 Å². The number of aliphatic hydroxyl groups is 2. The Morgan fingerprint density at radius 1 is 1.60 bits per heavy atom. The van der Waals surface area contributed by atoms with Crippen LogP contribution in [0.1, 0.15) is 20.8 Å². The zero-order chi connectivity index (χ0) is 8.36. The van der Waals surface area contributed by atoms with Gasteiger partial charge in [-0.25, -0.2) is 0 Å². The molecule has 0 aromatic carbocycles. The largest absolute Gasteiger partial charge is 0.396 e. The molecule has 0 spiro atoms. The molecule has 60 valence electrons. The van der Waals surface area contributed by atoms with E-state index < -0.39 is 11.5 Å². The molecule has 0 aliphatic heterocycles. The highest BCUT2D eigenvalue weighted by molar-refractivity contribution is 5.79. The average Bonchev–Trinajstić information content (AvgIpc) is 1.60. The Morgan fingerprint density at radius 2 is 2.00 bits per heavy atom. The summed E-state index contributed by atoms with van der Waals surface area (Å²) in [5.74, 6) is -0.845. The minimum Gasteiger partial charge on any atom is -0.396 e. The van der Waals surface area contributed by atoms with E-state index in [0.29, 0.717) is 0 Å². The minimum atomic E-state index is -1.11. The van der Waals surface area contributed by atoms with E-state index >= 15 is 0 Å². The van der Waals surface area contributed by atoms with Gasteiger partial charge in [0.05, 0.1) is 18.1 Å². The first-order valence-corrected chi connectivity index (χ1v) is 3.23. The summed E-state index contributed by atoms with van der Waals surface area (Å²) in [4.78, 5) is 10.7. The van der Waals surface area contributed by atoms with Crippen molar-refractivity contribution in [1.29, 1.82) is 0 Å². The standard InChI is InChI=1S/C7H14O3/c1-5(9)6(4-8)7(2,3)10/h6,8,10H,4H2,1-3H3. The van der Waals surface area contributed by atoms with E-state index in [1.807, 2.05) is 0 Å². The zero-order valence-corrected chi connectivity index (χ0v) is 6.59. The molecule has 0 saturated heterocycles. The fourth-order valence-electron chi connectivity index (χ4n) is 0.849. The smallest absolute Gasteiger partial charge is 0.138 e. The van der Waals surface area contributed by atoms with Crippen LogP contribution in [-0.4, -0.2) is 28.2 Å². The number of hydrogen-bond donors (Lipinski definition) is 2. The fourth-order valence-corrected chi connectivity index (χ4v) is 0.849. The van der Waals surface area contributed by atoms with Crippen LogP contribution in [0.4, 0.5) is 0 Å². The maximum absolute atomic E-state index is 10.7. The quantitative estimate of drug-likeness (QED) is 0.587. The Labute approximate surface area is 60.7 Å². The first-order chi connectivity index (χ1) is 4.39. The van der Waals surface area contributed by atoms with Gasteiger partial charge in [-0.15, -0.1) is 0 Å². The number of hydrogen-bond acceptors (Lipinski definition) is 3. The molecule has 0 bridgehead atoms. The summed E-state index contributed by atoms with van der Waals surface area (Å²) in [6.45, 7) is 4.09. The Kier molecular flexibility index (Phi) is 2.99. The van der Waals surface area contributed by atoms with Crippen LogP contribution in [0.15, 0.2) is 0 Å². The summed E-state index contributed by atoms with van der Waals surface area (Å²) in [6.07, 6.45) is 0. The van der Waals surface area contributed by atoms with Crippen LogP contribution in [0.5, 0.6) is 0 Å². The molecule has 0 fully saturated rings. The summed E-state index contributed by atoms with van der Waals surface area (Å²) >= 11 is 0. The molecule has 0 saturated carbocycles. The Balaban J connectivity index is 4.22. The van der Waals surface area contributed by atoms with Gasteiger partial charge >= 0.3 is 0 Å². The lowest BCUT2D eigenvalue weighted by Crippen LogP contribution is -2.38. The van der Waals surface area contributed by atoms with E-state index in [2.05, 4.69) is 0 Å². The van der Waals surface area contributed by atoms with Crippen molar-refractivity contribution >= 4 is 5.78 Å². The van der Waals surface area contributed by atoms with Crippen molar-refractivity contribution in [2.45, 2.75) is 26.4 Å². The first-order valence-electron chi connectivity index (χ1n) is 3.23. The van der Waals surface area contributed by atoms with Gasteiger partial charge in [-0.05, 0) is 20.8 Å². The molecule has 0 aliphatic carbocycles. The van der Waals surface area contributed by atoms with Crippen molar-refractivity contribution in [3.8, 4) is 0 Å². The summed E-state index contributed by atoms with van der Waals surface area (Å²) in [6, 6.07) is 0. The molecule has 2 N–H and O–H groups in total. The molecule has 0 amide bonds. The van der Waals surface area contributed by atoms with E-state index in [9.17, 15) is 9.90 Å². The molecule has 1 atom stereocenters.